The predicted molar refractivity (Wildman–Crippen MR) is 127 cm³/mol. The number of esters is 2. The van der Waals surface area contributed by atoms with E-state index in [4.69, 9.17) is 17.1 Å². The molecule has 0 bridgehead atoms. The summed E-state index contributed by atoms with van der Waals surface area (Å²) in [6.07, 6.45) is -8.49. The number of rotatable bonds is 7. The van der Waals surface area contributed by atoms with Crippen LogP contribution in [0, 0.1) is 0 Å². The third kappa shape index (κ3) is 5.70. The summed E-state index contributed by atoms with van der Waals surface area (Å²) in [6, 6.07) is 17.9. The zero-order valence-electron chi connectivity index (χ0n) is 18.9. The molecule has 4 rings (SSSR count). The lowest BCUT2D eigenvalue weighted by molar-refractivity contribution is -0.197. The van der Waals surface area contributed by atoms with Crippen LogP contribution in [0.4, 0.5) is 13.2 Å². The Morgan fingerprint density at radius 3 is 2.05 bits per heavy atom. The van der Waals surface area contributed by atoms with Gasteiger partial charge in [-0.3, -0.25) is 9.35 Å². The van der Waals surface area contributed by atoms with Gasteiger partial charge in [0.05, 0.1) is 7.85 Å². The number of halogens is 3. The van der Waals surface area contributed by atoms with Crippen molar-refractivity contribution in [3.8, 4) is 16.9 Å². The number of ether oxygens (including phenoxy) is 2. The van der Waals surface area contributed by atoms with Gasteiger partial charge >= 0.3 is 18.1 Å². The molecule has 7 nitrogen and oxygen atoms in total. The van der Waals surface area contributed by atoms with E-state index in [1.807, 2.05) is 24.3 Å². The van der Waals surface area contributed by atoms with Gasteiger partial charge in [-0.1, -0.05) is 66.5 Å². The molecule has 1 aliphatic rings. The first kappa shape index (κ1) is 26.4. The maximum Gasteiger partial charge on any atom is 0.426 e. The summed E-state index contributed by atoms with van der Waals surface area (Å²) in [5.41, 5.74) is 2.77. The first-order valence-electron chi connectivity index (χ1n) is 10.8. The third-order valence-electron chi connectivity index (χ3n) is 5.76. The van der Waals surface area contributed by atoms with Gasteiger partial charge in [-0.15, -0.1) is 0 Å². The van der Waals surface area contributed by atoms with Gasteiger partial charge in [0, 0.05) is 0 Å². The number of fused-ring (bicyclic) bond motifs is 3. The lowest BCUT2D eigenvalue weighted by atomic mass is 9.95. The molecule has 3 aromatic rings. The first-order valence-corrected chi connectivity index (χ1v) is 12.5. The fourth-order valence-corrected chi connectivity index (χ4v) is 4.74. The van der Waals surface area contributed by atoms with Gasteiger partial charge < -0.3 is 9.47 Å². The maximum atomic E-state index is 13.4. The first-order chi connectivity index (χ1) is 17.4. The van der Waals surface area contributed by atoms with Crippen molar-refractivity contribution in [2.45, 2.75) is 24.5 Å². The maximum absolute atomic E-state index is 13.4. The van der Waals surface area contributed by atoms with Gasteiger partial charge in [0.2, 0.25) is 6.10 Å². The van der Waals surface area contributed by atoms with E-state index in [-0.39, 0.29) is 6.32 Å². The normalized spacial score (nSPS) is 13.9. The molecule has 190 valence electrons. The SMILES string of the molecule is [B]Cc1ccc(C(=O)OC(CS(=O)(=O)O)C(F)(F)F)c(OC(=O)C2c3ccccc3-c3ccccc32)c1. The molecule has 1 N–H and O–H groups in total. The fraction of sp³-hybridized carbons (Fsp3) is 0.200. The minimum absolute atomic E-state index is 0.0388. The Morgan fingerprint density at radius 1 is 0.973 bits per heavy atom. The monoisotopic (exact) mass is 530 g/mol. The van der Waals surface area contributed by atoms with Crippen molar-refractivity contribution in [2.75, 3.05) is 5.75 Å². The highest BCUT2D eigenvalue weighted by atomic mass is 32.2. The highest BCUT2D eigenvalue weighted by molar-refractivity contribution is 7.85. The molecule has 0 saturated heterocycles. The molecule has 0 spiro atoms. The van der Waals surface area contributed by atoms with Gasteiger partial charge in [0.1, 0.15) is 23.0 Å². The van der Waals surface area contributed by atoms with Crippen LogP contribution in [0.25, 0.3) is 11.1 Å². The summed E-state index contributed by atoms with van der Waals surface area (Å²) in [5, 5.41) is 0. The molecule has 37 heavy (non-hydrogen) atoms. The van der Waals surface area contributed by atoms with E-state index in [2.05, 4.69) is 4.74 Å². The summed E-state index contributed by atoms with van der Waals surface area (Å²) in [5.74, 6) is -5.59. The Morgan fingerprint density at radius 2 is 1.54 bits per heavy atom. The van der Waals surface area contributed by atoms with Crippen molar-refractivity contribution in [1.82, 2.24) is 0 Å². The van der Waals surface area contributed by atoms with Gasteiger partial charge in [0.25, 0.3) is 10.1 Å². The number of hydrogen-bond donors (Lipinski definition) is 1. The molecule has 1 atom stereocenters. The number of carbonyl (C=O) groups excluding carboxylic acids is 2. The second-order valence-electron chi connectivity index (χ2n) is 8.25. The molecule has 1 unspecified atom stereocenters. The molecule has 0 aromatic heterocycles. The molecule has 12 heteroatoms. The van der Waals surface area contributed by atoms with Crippen molar-refractivity contribution >= 4 is 29.9 Å². The van der Waals surface area contributed by atoms with Crippen LogP contribution in [0.15, 0.2) is 66.7 Å². The zero-order chi connectivity index (χ0) is 27.0. The second kappa shape index (κ2) is 10.0. The van der Waals surface area contributed by atoms with Crippen LogP contribution in [0.2, 0.25) is 0 Å². The Kier molecular flexibility index (Phi) is 7.16. The highest BCUT2D eigenvalue weighted by Crippen LogP contribution is 2.45. The fourth-order valence-electron chi connectivity index (χ4n) is 4.10. The van der Waals surface area contributed by atoms with Crippen molar-refractivity contribution in [3.63, 3.8) is 0 Å². The largest absolute Gasteiger partial charge is 0.448 e. The number of alkyl halides is 3. The van der Waals surface area contributed by atoms with Crippen molar-refractivity contribution < 1.29 is 45.2 Å². The van der Waals surface area contributed by atoms with E-state index in [0.29, 0.717) is 16.7 Å². The summed E-state index contributed by atoms with van der Waals surface area (Å²) < 4.78 is 80.7. The Hall–Kier alpha value is -3.64. The molecule has 0 heterocycles. The Balaban J connectivity index is 1.68. The zero-order valence-corrected chi connectivity index (χ0v) is 19.8. The van der Waals surface area contributed by atoms with Crippen LogP contribution in [-0.2, 0) is 26.0 Å². The van der Waals surface area contributed by atoms with Crippen LogP contribution >= 0.6 is 0 Å². The van der Waals surface area contributed by atoms with E-state index >= 15 is 0 Å². The van der Waals surface area contributed by atoms with Crippen LogP contribution in [0.3, 0.4) is 0 Å². The van der Waals surface area contributed by atoms with E-state index < -0.39 is 57.3 Å². The van der Waals surface area contributed by atoms with Gasteiger partial charge in [0.15, 0.2) is 0 Å². The van der Waals surface area contributed by atoms with Crippen molar-refractivity contribution in [3.05, 3.63) is 89.0 Å². The van der Waals surface area contributed by atoms with Gasteiger partial charge in [-0.2, -0.15) is 21.6 Å². The van der Waals surface area contributed by atoms with Crippen LogP contribution in [0.1, 0.15) is 33.0 Å². The molecular formula is C25H18BF3O7S. The summed E-state index contributed by atoms with van der Waals surface area (Å²) >= 11 is 0. The lowest BCUT2D eigenvalue weighted by Gasteiger charge is -2.20. The Labute approximate surface area is 211 Å². The summed E-state index contributed by atoms with van der Waals surface area (Å²) in [6.45, 7) is 0. The number of benzene rings is 3. The van der Waals surface area contributed by atoms with Crippen LogP contribution < -0.4 is 4.74 Å². The second-order valence-corrected chi connectivity index (χ2v) is 9.74. The van der Waals surface area contributed by atoms with Crippen LogP contribution in [-0.4, -0.2) is 50.8 Å². The topological polar surface area (TPSA) is 107 Å². The third-order valence-corrected chi connectivity index (χ3v) is 6.48. The minimum atomic E-state index is -5.29. The van der Waals surface area contributed by atoms with Gasteiger partial charge in [-0.05, 0) is 34.4 Å². The average molecular weight is 530 g/mol. The highest BCUT2D eigenvalue weighted by Gasteiger charge is 2.46. The van der Waals surface area contributed by atoms with Gasteiger partial charge in [-0.25, -0.2) is 4.79 Å². The molecule has 1 aliphatic carbocycles. The summed E-state index contributed by atoms with van der Waals surface area (Å²) in [4.78, 5) is 26.1. The van der Waals surface area contributed by atoms with Crippen LogP contribution in [0.5, 0.6) is 5.75 Å². The molecule has 0 aliphatic heterocycles. The molecule has 0 saturated carbocycles. The molecule has 3 aromatic carbocycles. The van der Waals surface area contributed by atoms with E-state index in [9.17, 15) is 31.2 Å². The molecule has 2 radical (unpaired) electrons. The lowest BCUT2D eigenvalue weighted by Crippen LogP contribution is -2.39. The smallest absolute Gasteiger partial charge is 0.426 e. The van der Waals surface area contributed by atoms with Crippen molar-refractivity contribution in [1.29, 1.82) is 0 Å². The molecule has 0 amide bonds. The minimum Gasteiger partial charge on any atom is -0.448 e. The number of hydrogen-bond acceptors (Lipinski definition) is 6. The summed E-state index contributed by atoms with van der Waals surface area (Å²) in [7, 11) is 0.491. The van der Waals surface area contributed by atoms with E-state index in [1.165, 1.54) is 12.1 Å². The van der Waals surface area contributed by atoms with E-state index in [0.717, 1.165) is 17.2 Å². The predicted octanol–water partition coefficient (Wildman–Crippen LogP) is 4.05. The average Bonchev–Trinajstić information content (AvgIpc) is 3.16. The van der Waals surface area contributed by atoms with E-state index in [1.54, 1.807) is 24.3 Å². The number of carbonyl (C=O) groups is 2. The quantitative estimate of drug-likeness (QED) is 0.213. The Bertz CT molecular complexity index is 1430. The standard InChI is InChI=1S/C25H18BF3O7S/c26-12-14-9-10-19(23(30)36-21(25(27,28)29)13-37(32,33)34)20(11-14)35-24(31)22-17-7-3-1-5-15(17)16-6-2-4-8-18(16)22/h1-11,21-22H,12-13H2,(H,32,33,34). The van der Waals surface area contributed by atoms with Crippen molar-refractivity contribution in [2.24, 2.45) is 0 Å². The molecule has 0 fully saturated rings. The molecular weight excluding hydrogens is 512 g/mol.